The zero-order valence-corrected chi connectivity index (χ0v) is 19.0. The lowest BCUT2D eigenvalue weighted by molar-refractivity contribution is -0.137. The number of amides is 1. The van der Waals surface area contributed by atoms with Crippen LogP contribution in [0.3, 0.4) is 0 Å². The van der Waals surface area contributed by atoms with Gasteiger partial charge in [-0.3, -0.25) is 14.4 Å². The van der Waals surface area contributed by atoms with Crippen LogP contribution in [0, 0.1) is 0 Å². The highest BCUT2D eigenvalue weighted by Crippen LogP contribution is 2.37. The van der Waals surface area contributed by atoms with Gasteiger partial charge in [0.1, 0.15) is 11.3 Å². The Labute approximate surface area is 188 Å². The number of carbonyl (C=O) groups is 2. The summed E-state index contributed by atoms with van der Waals surface area (Å²) < 4.78 is 72.2. The number of alkyl halides is 3. The molecule has 1 N–H and O–H groups in total. The molecular formula is C21H22F3N3O5S. The van der Waals surface area contributed by atoms with Gasteiger partial charge in [0.15, 0.2) is 5.78 Å². The number of pyridine rings is 1. The maximum atomic E-state index is 13.4. The third-order valence-corrected chi connectivity index (χ3v) is 6.54. The number of nitrogens with zero attached hydrogens (tertiary/aromatic N) is 2. The van der Waals surface area contributed by atoms with Gasteiger partial charge in [0, 0.05) is 6.42 Å². The van der Waals surface area contributed by atoms with Crippen molar-refractivity contribution < 1.29 is 35.9 Å². The molecule has 0 radical (unpaired) electrons. The van der Waals surface area contributed by atoms with Crippen molar-refractivity contribution in [2.75, 3.05) is 9.62 Å². The normalized spacial score (nSPS) is 16.9. The van der Waals surface area contributed by atoms with Crippen molar-refractivity contribution in [3.8, 4) is 0 Å². The predicted octanol–water partition coefficient (Wildman–Crippen LogP) is 4.62. The molecule has 2 aromatic rings. The van der Waals surface area contributed by atoms with Gasteiger partial charge in [0.05, 0.1) is 34.1 Å². The zero-order valence-electron chi connectivity index (χ0n) is 18.2. The summed E-state index contributed by atoms with van der Waals surface area (Å²) in [7, 11) is -4.51. The third kappa shape index (κ3) is 5.27. The number of ether oxygens (including phenoxy) is 1. The molecule has 3 rings (SSSR count). The monoisotopic (exact) mass is 485 g/mol. The highest BCUT2D eigenvalue weighted by atomic mass is 32.2. The molecule has 0 saturated heterocycles. The number of halogens is 3. The molecule has 12 heteroatoms. The molecule has 8 nitrogen and oxygen atoms in total. The van der Waals surface area contributed by atoms with Crippen LogP contribution in [0.25, 0.3) is 0 Å². The standard InChI is InChI=1S/C21H22F3N3O5S/c1-12-8-17(28)18-16(10-14(11-25-18)26-19(29)32-20(2,3)4)27(12)33(30,31)15-7-5-6-13(9-15)21(22,23)24/h5-7,9-12H,8H2,1-4H3,(H,26,29)/t12-/m0/s1. The molecule has 0 fully saturated rings. The van der Waals surface area contributed by atoms with Gasteiger partial charge in [-0.05, 0) is 52.0 Å². The van der Waals surface area contributed by atoms with Crippen molar-refractivity contribution in [1.82, 2.24) is 4.98 Å². The van der Waals surface area contributed by atoms with Crippen molar-refractivity contribution >= 4 is 33.3 Å². The molecular weight excluding hydrogens is 463 g/mol. The number of nitrogens with one attached hydrogen (secondary N) is 1. The molecule has 1 aliphatic rings. The minimum Gasteiger partial charge on any atom is -0.444 e. The predicted molar refractivity (Wildman–Crippen MR) is 114 cm³/mol. The van der Waals surface area contributed by atoms with Gasteiger partial charge in [-0.2, -0.15) is 13.2 Å². The fourth-order valence-corrected chi connectivity index (χ4v) is 5.02. The third-order valence-electron chi connectivity index (χ3n) is 4.61. The van der Waals surface area contributed by atoms with E-state index < -0.39 is 50.2 Å². The van der Waals surface area contributed by atoms with Crippen LogP contribution in [0.2, 0.25) is 0 Å². The van der Waals surface area contributed by atoms with E-state index in [0.29, 0.717) is 6.07 Å². The van der Waals surface area contributed by atoms with E-state index in [1.54, 1.807) is 20.8 Å². The minimum atomic E-state index is -4.74. The molecule has 0 spiro atoms. The van der Waals surface area contributed by atoms with E-state index in [4.69, 9.17) is 4.74 Å². The van der Waals surface area contributed by atoms with Crippen LogP contribution < -0.4 is 9.62 Å². The quantitative estimate of drug-likeness (QED) is 0.680. The number of anilines is 2. The van der Waals surface area contributed by atoms with Gasteiger partial charge in [-0.25, -0.2) is 18.2 Å². The smallest absolute Gasteiger partial charge is 0.416 e. The fraction of sp³-hybridized carbons (Fsp3) is 0.381. The summed E-state index contributed by atoms with van der Waals surface area (Å²) in [5.41, 5.74) is -2.19. The molecule has 1 aliphatic heterocycles. The average molecular weight is 485 g/mol. The molecule has 0 bridgehead atoms. The number of hydrogen-bond acceptors (Lipinski definition) is 6. The van der Waals surface area contributed by atoms with Gasteiger partial charge < -0.3 is 4.74 Å². The van der Waals surface area contributed by atoms with Crippen molar-refractivity contribution in [2.45, 2.75) is 56.8 Å². The van der Waals surface area contributed by atoms with Crippen LogP contribution in [-0.4, -0.2) is 36.9 Å². The maximum absolute atomic E-state index is 13.4. The molecule has 1 atom stereocenters. The largest absolute Gasteiger partial charge is 0.444 e. The Morgan fingerprint density at radius 3 is 2.48 bits per heavy atom. The lowest BCUT2D eigenvalue weighted by Gasteiger charge is -2.35. The first-order valence-corrected chi connectivity index (χ1v) is 11.3. The highest BCUT2D eigenvalue weighted by molar-refractivity contribution is 7.92. The number of sulfonamides is 1. The van der Waals surface area contributed by atoms with Crippen molar-refractivity contribution in [2.24, 2.45) is 0 Å². The van der Waals surface area contributed by atoms with Crippen molar-refractivity contribution in [1.29, 1.82) is 0 Å². The summed E-state index contributed by atoms with van der Waals surface area (Å²) in [6.07, 6.45) is -4.60. The van der Waals surface area contributed by atoms with E-state index in [-0.39, 0.29) is 23.5 Å². The molecule has 2 heterocycles. The van der Waals surface area contributed by atoms with Crippen LogP contribution in [-0.2, 0) is 20.9 Å². The summed E-state index contributed by atoms with van der Waals surface area (Å²) >= 11 is 0. The second-order valence-electron chi connectivity index (χ2n) is 8.52. The van der Waals surface area contributed by atoms with E-state index in [9.17, 15) is 31.2 Å². The molecule has 33 heavy (non-hydrogen) atoms. The second-order valence-corrected chi connectivity index (χ2v) is 10.3. The first-order chi connectivity index (χ1) is 15.1. The van der Waals surface area contributed by atoms with Gasteiger partial charge in [0.25, 0.3) is 10.0 Å². The number of ketones is 1. The number of hydrogen-bond donors (Lipinski definition) is 1. The molecule has 0 saturated carbocycles. The number of Topliss-reactive ketones (excluding diaryl/α,β-unsaturated/α-hetero) is 1. The Bertz CT molecular complexity index is 1210. The maximum Gasteiger partial charge on any atom is 0.416 e. The van der Waals surface area contributed by atoms with Crippen LogP contribution in [0.5, 0.6) is 0 Å². The molecule has 1 amide bonds. The van der Waals surface area contributed by atoms with Crippen LogP contribution >= 0.6 is 0 Å². The van der Waals surface area contributed by atoms with Crippen LogP contribution in [0.15, 0.2) is 41.4 Å². The van der Waals surface area contributed by atoms with Gasteiger partial charge in [-0.15, -0.1) is 0 Å². The molecule has 178 valence electrons. The zero-order chi connectivity index (χ0) is 24.8. The van der Waals surface area contributed by atoms with E-state index in [2.05, 4.69) is 10.3 Å². The fourth-order valence-electron chi connectivity index (χ4n) is 3.32. The number of rotatable bonds is 3. The van der Waals surface area contributed by atoms with Crippen LogP contribution in [0.4, 0.5) is 29.3 Å². The number of fused-ring (bicyclic) bond motifs is 1. The topological polar surface area (TPSA) is 106 Å². The van der Waals surface area contributed by atoms with Gasteiger partial charge >= 0.3 is 12.3 Å². The lowest BCUT2D eigenvalue weighted by atomic mass is 10.0. The summed E-state index contributed by atoms with van der Waals surface area (Å²) in [6.45, 7) is 6.42. The molecule has 1 aromatic carbocycles. The number of carbonyl (C=O) groups excluding carboxylic acids is 2. The second kappa shape index (κ2) is 8.32. The highest BCUT2D eigenvalue weighted by Gasteiger charge is 2.39. The summed E-state index contributed by atoms with van der Waals surface area (Å²) in [4.78, 5) is 28.0. The van der Waals surface area contributed by atoms with Gasteiger partial charge in [0.2, 0.25) is 0 Å². The Morgan fingerprint density at radius 2 is 1.88 bits per heavy atom. The number of aromatic nitrogens is 1. The van der Waals surface area contributed by atoms with E-state index >= 15 is 0 Å². The Balaban J connectivity index is 2.06. The summed E-state index contributed by atoms with van der Waals surface area (Å²) in [6, 6.07) is 3.67. The van der Waals surface area contributed by atoms with E-state index in [1.807, 2.05) is 0 Å². The average Bonchev–Trinajstić information content (AvgIpc) is 2.65. The van der Waals surface area contributed by atoms with Crippen molar-refractivity contribution in [3.05, 3.63) is 47.8 Å². The summed E-state index contributed by atoms with van der Waals surface area (Å²) in [5, 5.41) is 2.41. The van der Waals surface area contributed by atoms with Gasteiger partial charge in [-0.1, -0.05) is 6.07 Å². The molecule has 0 aliphatic carbocycles. The Morgan fingerprint density at radius 1 is 1.21 bits per heavy atom. The molecule has 1 aromatic heterocycles. The van der Waals surface area contributed by atoms with E-state index in [0.717, 1.165) is 22.5 Å². The summed E-state index contributed by atoms with van der Waals surface area (Å²) in [5.74, 6) is -0.434. The first-order valence-electron chi connectivity index (χ1n) is 9.84. The minimum absolute atomic E-state index is 0.0501. The Hall–Kier alpha value is -3.15. The van der Waals surface area contributed by atoms with Crippen molar-refractivity contribution in [3.63, 3.8) is 0 Å². The Kier molecular flexibility index (Phi) is 6.18. The van der Waals surface area contributed by atoms with Crippen LogP contribution in [0.1, 0.15) is 50.2 Å². The van der Waals surface area contributed by atoms with E-state index in [1.165, 1.54) is 19.2 Å². The SMILES string of the molecule is C[C@H]1CC(=O)c2ncc(NC(=O)OC(C)(C)C)cc2N1S(=O)(=O)c1cccc(C(F)(F)F)c1. The lowest BCUT2D eigenvalue weighted by Crippen LogP contribution is -2.44. The number of benzene rings is 1. The molecule has 0 unspecified atom stereocenters. The first kappa shape index (κ1) is 24.5.